The Morgan fingerprint density at radius 3 is 2.87 bits per heavy atom. The Morgan fingerprint density at radius 2 is 2.07 bits per heavy atom. The van der Waals surface area contributed by atoms with E-state index in [1.807, 2.05) is 0 Å². The van der Waals surface area contributed by atoms with E-state index in [4.69, 9.17) is 15.6 Å². The number of rotatable bonds is 2. The summed E-state index contributed by atoms with van der Waals surface area (Å²) in [6.07, 6.45) is 2.01. The molecule has 0 saturated carbocycles. The first kappa shape index (κ1) is 10.3. The van der Waals surface area contributed by atoms with Gasteiger partial charge in [-0.25, -0.2) is 9.97 Å². The number of hydrogen-bond donors (Lipinski definition) is 2. The molecule has 1 aromatic rings. The number of nitrogens with zero attached hydrogens (tertiary/aromatic N) is 2. The maximum absolute atomic E-state index is 8.82. The van der Waals surface area contributed by atoms with Crippen LogP contribution < -0.4 is 5.73 Å². The van der Waals surface area contributed by atoms with E-state index < -0.39 is 0 Å². The summed E-state index contributed by atoms with van der Waals surface area (Å²) in [4.78, 5) is 8.56. The van der Waals surface area contributed by atoms with Crippen molar-refractivity contribution in [1.82, 2.24) is 9.97 Å². The summed E-state index contributed by atoms with van der Waals surface area (Å²) in [6.45, 7) is 1.41. The molecule has 0 aromatic carbocycles. The van der Waals surface area contributed by atoms with Gasteiger partial charge < -0.3 is 15.6 Å². The zero-order valence-electron chi connectivity index (χ0n) is 8.57. The van der Waals surface area contributed by atoms with Crippen LogP contribution in [0.4, 0.5) is 5.82 Å². The lowest BCUT2D eigenvalue weighted by Crippen LogP contribution is -2.10. The van der Waals surface area contributed by atoms with Gasteiger partial charge in [-0.1, -0.05) is 0 Å². The van der Waals surface area contributed by atoms with Gasteiger partial charge in [0.2, 0.25) is 0 Å². The summed E-state index contributed by atoms with van der Waals surface area (Å²) in [6, 6.07) is 0. The number of aromatic nitrogens is 2. The molecular formula is C10H15N3O2. The zero-order valence-corrected chi connectivity index (χ0v) is 8.57. The second-order valence-electron chi connectivity index (χ2n) is 3.54. The summed E-state index contributed by atoms with van der Waals surface area (Å²) < 4.78 is 5.36. The zero-order chi connectivity index (χ0) is 10.7. The number of hydrogen-bond acceptors (Lipinski definition) is 5. The summed E-state index contributed by atoms with van der Waals surface area (Å²) >= 11 is 0. The number of aliphatic hydroxyl groups is 1. The van der Waals surface area contributed by atoms with E-state index in [9.17, 15) is 0 Å². The van der Waals surface area contributed by atoms with E-state index in [1.165, 1.54) is 0 Å². The molecule has 82 valence electrons. The maximum Gasteiger partial charge on any atom is 0.133 e. The van der Waals surface area contributed by atoms with E-state index in [-0.39, 0.29) is 6.61 Å². The summed E-state index contributed by atoms with van der Waals surface area (Å²) in [5.74, 6) is 1.16. The van der Waals surface area contributed by atoms with Gasteiger partial charge >= 0.3 is 0 Å². The van der Waals surface area contributed by atoms with Gasteiger partial charge in [-0.15, -0.1) is 0 Å². The van der Waals surface area contributed by atoms with Crippen LogP contribution in [0.25, 0.3) is 0 Å². The second-order valence-corrected chi connectivity index (χ2v) is 3.54. The van der Waals surface area contributed by atoms with Crippen molar-refractivity contribution in [2.45, 2.75) is 19.3 Å². The molecule has 0 radical (unpaired) electrons. The molecule has 3 N–H and O–H groups in total. The lowest BCUT2D eigenvalue weighted by atomic mass is 10.1. The van der Waals surface area contributed by atoms with Gasteiger partial charge in [0.15, 0.2) is 0 Å². The molecule has 1 aliphatic rings. The van der Waals surface area contributed by atoms with Crippen molar-refractivity contribution in [3.05, 3.63) is 17.1 Å². The molecule has 0 bridgehead atoms. The topological polar surface area (TPSA) is 81.3 Å². The lowest BCUT2D eigenvalue weighted by Gasteiger charge is -2.08. The van der Waals surface area contributed by atoms with Crippen molar-refractivity contribution in [2.75, 3.05) is 25.6 Å². The first-order chi connectivity index (χ1) is 7.31. The normalized spacial score (nSPS) is 15.8. The van der Waals surface area contributed by atoms with E-state index in [0.717, 1.165) is 24.1 Å². The van der Waals surface area contributed by atoms with E-state index in [2.05, 4.69) is 9.97 Å². The molecule has 0 unspecified atom stereocenters. The SMILES string of the molecule is Nc1nc(CCO)nc2c1CCOCC2. The van der Waals surface area contributed by atoms with Crippen LogP contribution in [0.5, 0.6) is 0 Å². The largest absolute Gasteiger partial charge is 0.396 e. The molecule has 2 heterocycles. The molecule has 0 saturated heterocycles. The molecule has 5 heteroatoms. The molecule has 5 nitrogen and oxygen atoms in total. The standard InChI is InChI=1S/C10H15N3O2/c11-10-7-2-5-15-6-3-8(7)12-9(13-10)1-4-14/h14H,1-6H2,(H2,11,12,13). The Hall–Kier alpha value is -1.20. The predicted octanol–water partition coefficient (Wildman–Crippen LogP) is -0.291. The molecular weight excluding hydrogens is 194 g/mol. The highest BCUT2D eigenvalue weighted by Gasteiger charge is 2.14. The monoisotopic (exact) mass is 209 g/mol. The summed E-state index contributed by atoms with van der Waals surface area (Å²) in [7, 11) is 0. The molecule has 1 aliphatic heterocycles. The molecule has 15 heavy (non-hydrogen) atoms. The molecule has 0 aliphatic carbocycles. The van der Waals surface area contributed by atoms with Crippen LogP contribution in [0.3, 0.4) is 0 Å². The molecule has 2 rings (SSSR count). The summed E-state index contributed by atoms with van der Waals surface area (Å²) in [5.41, 5.74) is 7.84. The van der Waals surface area contributed by atoms with Crippen LogP contribution >= 0.6 is 0 Å². The minimum atomic E-state index is 0.0503. The fourth-order valence-electron chi connectivity index (χ4n) is 1.74. The fourth-order valence-corrected chi connectivity index (χ4v) is 1.74. The van der Waals surface area contributed by atoms with Gasteiger partial charge in [-0.05, 0) is 0 Å². The van der Waals surface area contributed by atoms with Crippen LogP contribution in [0.15, 0.2) is 0 Å². The van der Waals surface area contributed by atoms with Crippen molar-refractivity contribution in [1.29, 1.82) is 0 Å². The predicted molar refractivity (Wildman–Crippen MR) is 55.5 cm³/mol. The van der Waals surface area contributed by atoms with Crippen LogP contribution in [0.1, 0.15) is 17.1 Å². The third-order valence-corrected chi connectivity index (χ3v) is 2.49. The summed E-state index contributed by atoms with van der Waals surface area (Å²) in [5, 5.41) is 8.82. The Bertz CT molecular complexity index is 355. The van der Waals surface area contributed by atoms with Crippen molar-refractivity contribution < 1.29 is 9.84 Å². The molecule has 0 spiro atoms. The number of fused-ring (bicyclic) bond motifs is 1. The van der Waals surface area contributed by atoms with Gasteiger partial charge in [0.1, 0.15) is 11.6 Å². The third kappa shape index (κ3) is 2.24. The molecule has 0 atom stereocenters. The van der Waals surface area contributed by atoms with E-state index >= 15 is 0 Å². The maximum atomic E-state index is 8.82. The highest BCUT2D eigenvalue weighted by molar-refractivity contribution is 5.43. The fraction of sp³-hybridized carbons (Fsp3) is 0.600. The van der Waals surface area contributed by atoms with Crippen molar-refractivity contribution in [3.63, 3.8) is 0 Å². The minimum absolute atomic E-state index is 0.0503. The van der Waals surface area contributed by atoms with Gasteiger partial charge in [0.05, 0.1) is 25.5 Å². The number of nitrogens with two attached hydrogens (primary N) is 1. The molecule has 0 amide bonds. The van der Waals surface area contributed by atoms with Crippen molar-refractivity contribution in [3.8, 4) is 0 Å². The average Bonchev–Trinajstić information content (AvgIpc) is 2.43. The van der Waals surface area contributed by atoms with Crippen LogP contribution in [-0.2, 0) is 24.0 Å². The Morgan fingerprint density at radius 1 is 1.27 bits per heavy atom. The smallest absolute Gasteiger partial charge is 0.133 e. The Balaban J connectivity index is 2.35. The van der Waals surface area contributed by atoms with Gasteiger partial charge in [0, 0.05) is 24.8 Å². The second kappa shape index (κ2) is 4.55. The minimum Gasteiger partial charge on any atom is -0.396 e. The number of aliphatic hydroxyl groups excluding tert-OH is 1. The van der Waals surface area contributed by atoms with E-state index in [0.29, 0.717) is 31.3 Å². The number of anilines is 1. The molecule has 0 fully saturated rings. The highest BCUT2D eigenvalue weighted by atomic mass is 16.5. The number of ether oxygens (including phenoxy) is 1. The Kier molecular flexibility index (Phi) is 3.13. The quantitative estimate of drug-likeness (QED) is 0.699. The highest BCUT2D eigenvalue weighted by Crippen LogP contribution is 2.18. The van der Waals surface area contributed by atoms with Crippen molar-refractivity contribution in [2.24, 2.45) is 0 Å². The van der Waals surface area contributed by atoms with Crippen LogP contribution in [0.2, 0.25) is 0 Å². The van der Waals surface area contributed by atoms with Gasteiger partial charge in [-0.3, -0.25) is 0 Å². The Labute approximate surface area is 88.3 Å². The van der Waals surface area contributed by atoms with Gasteiger partial charge in [-0.2, -0.15) is 0 Å². The first-order valence-electron chi connectivity index (χ1n) is 5.14. The molecule has 1 aromatic heterocycles. The number of nitrogen functional groups attached to an aromatic ring is 1. The first-order valence-corrected chi connectivity index (χ1v) is 5.14. The van der Waals surface area contributed by atoms with Crippen LogP contribution in [0, 0.1) is 0 Å². The average molecular weight is 209 g/mol. The van der Waals surface area contributed by atoms with Gasteiger partial charge in [0.25, 0.3) is 0 Å². The van der Waals surface area contributed by atoms with Crippen LogP contribution in [-0.4, -0.2) is 34.9 Å². The van der Waals surface area contributed by atoms with E-state index in [1.54, 1.807) is 0 Å². The third-order valence-electron chi connectivity index (χ3n) is 2.49. The van der Waals surface area contributed by atoms with Crippen molar-refractivity contribution >= 4 is 5.82 Å². The lowest BCUT2D eigenvalue weighted by molar-refractivity contribution is 0.146.